The minimum Gasteiger partial charge on any atom is -0.350 e. The van der Waals surface area contributed by atoms with Crippen molar-refractivity contribution in [3.05, 3.63) is 81.1 Å². The van der Waals surface area contributed by atoms with Gasteiger partial charge in [0.05, 0.1) is 27.6 Å². The Morgan fingerprint density at radius 1 is 1.12 bits per heavy atom. The number of thiophene rings is 1. The molecule has 33 heavy (non-hydrogen) atoms. The summed E-state index contributed by atoms with van der Waals surface area (Å²) in [5.41, 5.74) is 0.340. The Balaban J connectivity index is 1.44. The van der Waals surface area contributed by atoms with E-state index >= 15 is 0 Å². The van der Waals surface area contributed by atoms with Crippen LogP contribution in [0.5, 0.6) is 0 Å². The van der Waals surface area contributed by atoms with Crippen molar-refractivity contribution in [1.29, 1.82) is 0 Å². The van der Waals surface area contributed by atoms with E-state index in [4.69, 9.17) is 0 Å². The van der Waals surface area contributed by atoms with Crippen molar-refractivity contribution in [3.63, 3.8) is 0 Å². The van der Waals surface area contributed by atoms with Gasteiger partial charge in [-0.05, 0) is 48.7 Å². The van der Waals surface area contributed by atoms with Crippen LogP contribution >= 0.6 is 22.7 Å². The molecule has 0 bridgehead atoms. The molecule has 0 spiro atoms. The first-order chi connectivity index (χ1) is 15.7. The molecule has 0 saturated carbocycles. The smallest absolute Gasteiger partial charge is 0.350 e. The lowest BCUT2D eigenvalue weighted by Gasteiger charge is -2.09. The summed E-state index contributed by atoms with van der Waals surface area (Å²) in [5, 5.41) is 9.86. The van der Waals surface area contributed by atoms with Crippen molar-refractivity contribution in [2.45, 2.75) is 19.6 Å². The van der Waals surface area contributed by atoms with Crippen LogP contribution in [0.25, 0.3) is 20.5 Å². The Morgan fingerprint density at radius 2 is 1.88 bits per heavy atom. The van der Waals surface area contributed by atoms with E-state index in [0.29, 0.717) is 5.69 Å². The number of rotatable bonds is 6. The molecule has 1 N–H and O–H groups in total. The van der Waals surface area contributed by atoms with Crippen molar-refractivity contribution < 1.29 is 18.0 Å². The molecule has 0 aliphatic heterocycles. The standard InChI is InChI=1S/C22H17F3N4O2S2/c1-13-19(33-21(27-13)17-3-2-12-32-17)16-8-9-18(30)29(28-16)11-10-26-20(31)14-4-6-15(7-5-14)22(23,24)25/h2-9,12H,10-11H2,1H3,(H,26,31). The zero-order valence-electron chi connectivity index (χ0n) is 17.2. The van der Waals surface area contributed by atoms with Gasteiger partial charge in [0.25, 0.3) is 11.5 Å². The van der Waals surface area contributed by atoms with E-state index in [1.807, 2.05) is 24.4 Å². The first-order valence-electron chi connectivity index (χ1n) is 9.77. The van der Waals surface area contributed by atoms with E-state index in [9.17, 15) is 22.8 Å². The summed E-state index contributed by atoms with van der Waals surface area (Å²) in [4.78, 5) is 30.9. The second-order valence-electron chi connectivity index (χ2n) is 7.02. The summed E-state index contributed by atoms with van der Waals surface area (Å²) < 4.78 is 39.2. The molecule has 4 aromatic rings. The molecule has 170 valence electrons. The van der Waals surface area contributed by atoms with Gasteiger partial charge in [-0.25, -0.2) is 9.67 Å². The van der Waals surface area contributed by atoms with Gasteiger partial charge in [0.2, 0.25) is 0 Å². The summed E-state index contributed by atoms with van der Waals surface area (Å²) in [6.07, 6.45) is -4.46. The lowest BCUT2D eigenvalue weighted by Crippen LogP contribution is -2.32. The molecule has 0 radical (unpaired) electrons. The molecule has 6 nitrogen and oxygen atoms in total. The van der Waals surface area contributed by atoms with Crippen LogP contribution in [-0.2, 0) is 12.7 Å². The number of carbonyl (C=O) groups excluding carboxylic acids is 1. The number of thiazole rings is 1. The molecule has 0 aliphatic rings. The molecule has 4 rings (SSSR count). The fraction of sp³-hybridized carbons (Fsp3) is 0.182. The second-order valence-corrected chi connectivity index (χ2v) is 8.97. The Bertz CT molecular complexity index is 1330. The van der Waals surface area contributed by atoms with Crippen LogP contribution in [0.2, 0.25) is 0 Å². The lowest BCUT2D eigenvalue weighted by molar-refractivity contribution is -0.137. The van der Waals surface area contributed by atoms with Crippen LogP contribution in [0, 0.1) is 6.92 Å². The molecule has 0 saturated heterocycles. The Kier molecular flexibility index (Phi) is 6.43. The normalized spacial score (nSPS) is 11.5. The van der Waals surface area contributed by atoms with E-state index in [1.54, 1.807) is 17.4 Å². The van der Waals surface area contributed by atoms with Crippen LogP contribution in [-0.4, -0.2) is 27.2 Å². The zero-order chi connectivity index (χ0) is 23.6. The number of aryl methyl sites for hydroxylation is 1. The van der Waals surface area contributed by atoms with Gasteiger partial charge in [0, 0.05) is 18.2 Å². The minimum atomic E-state index is -4.46. The van der Waals surface area contributed by atoms with Crippen LogP contribution in [0.1, 0.15) is 21.6 Å². The number of hydrogen-bond acceptors (Lipinski definition) is 6. The third-order valence-corrected chi connectivity index (χ3v) is 6.93. The summed E-state index contributed by atoms with van der Waals surface area (Å²) >= 11 is 3.07. The molecule has 0 aliphatic carbocycles. The van der Waals surface area contributed by atoms with Crippen molar-refractivity contribution in [2.75, 3.05) is 6.54 Å². The highest BCUT2D eigenvalue weighted by atomic mass is 32.1. The number of carbonyl (C=O) groups is 1. The molecule has 0 unspecified atom stereocenters. The van der Waals surface area contributed by atoms with E-state index in [-0.39, 0.29) is 24.2 Å². The van der Waals surface area contributed by atoms with Gasteiger partial charge in [-0.15, -0.1) is 22.7 Å². The van der Waals surface area contributed by atoms with E-state index in [0.717, 1.165) is 44.7 Å². The minimum absolute atomic E-state index is 0.0817. The highest BCUT2D eigenvalue weighted by molar-refractivity contribution is 7.23. The largest absolute Gasteiger partial charge is 0.416 e. The van der Waals surface area contributed by atoms with Crippen LogP contribution in [0.4, 0.5) is 13.2 Å². The molecule has 1 amide bonds. The Hall–Kier alpha value is -3.31. The molecule has 3 aromatic heterocycles. The molecule has 0 fully saturated rings. The fourth-order valence-electron chi connectivity index (χ4n) is 3.06. The fourth-order valence-corrected chi connectivity index (χ4v) is 4.89. The molecule has 0 atom stereocenters. The number of benzene rings is 1. The number of nitrogens with one attached hydrogen (secondary N) is 1. The van der Waals surface area contributed by atoms with Crippen LogP contribution < -0.4 is 10.9 Å². The SMILES string of the molecule is Cc1nc(-c2cccs2)sc1-c1ccc(=O)n(CCNC(=O)c2ccc(C(F)(F)F)cc2)n1. The molecule has 3 heterocycles. The van der Waals surface area contributed by atoms with Gasteiger partial charge in [-0.2, -0.15) is 18.3 Å². The van der Waals surface area contributed by atoms with Gasteiger partial charge in [0.15, 0.2) is 0 Å². The van der Waals surface area contributed by atoms with Crippen molar-refractivity contribution in [2.24, 2.45) is 0 Å². The third-order valence-electron chi connectivity index (χ3n) is 4.71. The first kappa shape index (κ1) is 22.9. The van der Waals surface area contributed by atoms with Crippen LogP contribution in [0.15, 0.2) is 58.7 Å². The van der Waals surface area contributed by atoms with Crippen molar-refractivity contribution in [3.8, 4) is 20.5 Å². The predicted octanol–water partition coefficient (Wildman–Crippen LogP) is 4.85. The van der Waals surface area contributed by atoms with E-state index < -0.39 is 17.6 Å². The number of nitrogens with zero attached hydrogens (tertiary/aromatic N) is 3. The topological polar surface area (TPSA) is 76.9 Å². The average molecular weight is 491 g/mol. The van der Waals surface area contributed by atoms with Crippen molar-refractivity contribution in [1.82, 2.24) is 20.1 Å². The maximum Gasteiger partial charge on any atom is 0.416 e. The molecular weight excluding hydrogens is 473 g/mol. The lowest BCUT2D eigenvalue weighted by atomic mass is 10.1. The Morgan fingerprint density at radius 3 is 2.55 bits per heavy atom. The van der Waals surface area contributed by atoms with E-state index in [2.05, 4.69) is 15.4 Å². The van der Waals surface area contributed by atoms with Crippen molar-refractivity contribution >= 4 is 28.6 Å². The number of hydrogen-bond donors (Lipinski definition) is 1. The van der Waals surface area contributed by atoms with E-state index in [1.165, 1.54) is 22.1 Å². The van der Waals surface area contributed by atoms with Gasteiger partial charge < -0.3 is 5.32 Å². The maximum atomic E-state index is 12.7. The molecule has 1 aromatic carbocycles. The molecular formula is C22H17F3N4O2S2. The highest BCUT2D eigenvalue weighted by Crippen LogP contribution is 2.35. The summed E-state index contributed by atoms with van der Waals surface area (Å²) in [5.74, 6) is -0.535. The number of alkyl halides is 3. The number of amides is 1. The van der Waals surface area contributed by atoms with Gasteiger partial charge in [0.1, 0.15) is 10.7 Å². The van der Waals surface area contributed by atoms with Gasteiger partial charge in [-0.3, -0.25) is 9.59 Å². The molecule has 11 heteroatoms. The van der Waals surface area contributed by atoms with Gasteiger partial charge >= 0.3 is 6.18 Å². The summed E-state index contributed by atoms with van der Waals surface area (Å²) in [6, 6.07) is 10.9. The maximum absolute atomic E-state index is 12.7. The second kappa shape index (κ2) is 9.28. The third kappa shape index (κ3) is 5.20. The Labute approximate surface area is 194 Å². The highest BCUT2D eigenvalue weighted by Gasteiger charge is 2.30. The monoisotopic (exact) mass is 490 g/mol. The summed E-state index contributed by atoms with van der Waals surface area (Å²) in [7, 11) is 0. The zero-order valence-corrected chi connectivity index (χ0v) is 18.9. The number of aromatic nitrogens is 3. The first-order valence-corrected chi connectivity index (χ1v) is 11.5. The predicted molar refractivity (Wildman–Crippen MR) is 121 cm³/mol. The number of halogens is 3. The van der Waals surface area contributed by atoms with Gasteiger partial charge in [-0.1, -0.05) is 6.07 Å². The van der Waals surface area contributed by atoms with Crippen LogP contribution in [0.3, 0.4) is 0 Å². The summed E-state index contributed by atoms with van der Waals surface area (Å²) in [6.45, 7) is 2.07. The quantitative estimate of drug-likeness (QED) is 0.419. The average Bonchev–Trinajstić information content (AvgIpc) is 3.44.